The van der Waals surface area contributed by atoms with Crippen molar-refractivity contribution in [3.05, 3.63) is 21.4 Å². The average molecular weight is 277 g/mol. The maximum atomic E-state index is 3.73. The molecule has 0 saturated heterocycles. The van der Waals surface area contributed by atoms with Gasteiger partial charge in [-0.3, -0.25) is 0 Å². The maximum absolute atomic E-state index is 3.73. The lowest BCUT2D eigenvalue weighted by Crippen LogP contribution is -2.25. The number of hydrogen-bond acceptors (Lipinski definition) is 2. The lowest BCUT2D eigenvalue weighted by Gasteiger charge is -2.29. The van der Waals surface area contributed by atoms with Crippen molar-refractivity contribution in [3.63, 3.8) is 0 Å². The third-order valence-electron chi connectivity index (χ3n) is 4.85. The number of thiophene rings is 1. The molecule has 1 fully saturated rings. The van der Waals surface area contributed by atoms with Gasteiger partial charge >= 0.3 is 0 Å². The molecule has 0 bridgehead atoms. The second-order valence-corrected chi connectivity index (χ2v) is 7.47. The summed E-state index contributed by atoms with van der Waals surface area (Å²) < 4.78 is 0. The highest BCUT2D eigenvalue weighted by Gasteiger charge is 2.24. The average Bonchev–Trinajstić information content (AvgIpc) is 2.63. The minimum Gasteiger partial charge on any atom is -0.310 e. The normalized spacial score (nSPS) is 21.5. The van der Waals surface area contributed by atoms with Crippen LogP contribution in [0.1, 0.15) is 73.2 Å². The molecule has 2 aliphatic rings. The Morgan fingerprint density at radius 1 is 1.21 bits per heavy atom. The van der Waals surface area contributed by atoms with Crippen LogP contribution in [-0.2, 0) is 12.8 Å². The van der Waals surface area contributed by atoms with E-state index in [1.807, 2.05) is 0 Å². The second-order valence-electron chi connectivity index (χ2n) is 6.30. The summed E-state index contributed by atoms with van der Waals surface area (Å²) in [5.41, 5.74) is 1.68. The molecule has 0 radical (unpaired) electrons. The highest BCUT2D eigenvalue weighted by atomic mass is 32.1. The number of fused-ring (bicyclic) bond motifs is 1. The van der Waals surface area contributed by atoms with Crippen molar-refractivity contribution in [2.75, 3.05) is 6.54 Å². The zero-order valence-corrected chi connectivity index (χ0v) is 13.0. The molecule has 1 saturated carbocycles. The van der Waals surface area contributed by atoms with E-state index in [-0.39, 0.29) is 0 Å². The van der Waals surface area contributed by atoms with Crippen molar-refractivity contribution < 1.29 is 0 Å². The first-order chi connectivity index (χ1) is 9.36. The Bertz CT molecular complexity index is 382. The van der Waals surface area contributed by atoms with E-state index in [0.29, 0.717) is 6.04 Å². The van der Waals surface area contributed by atoms with Crippen molar-refractivity contribution in [1.82, 2.24) is 5.32 Å². The van der Waals surface area contributed by atoms with Gasteiger partial charge < -0.3 is 5.32 Å². The molecule has 0 spiro atoms. The van der Waals surface area contributed by atoms with E-state index in [1.165, 1.54) is 57.8 Å². The molecule has 1 aromatic rings. The first-order valence-electron chi connectivity index (χ1n) is 8.21. The van der Waals surface area contributed by atoms with Gasteiger partial charge in [-0.1, -0.05) is 32.6 Å². The molecule has 1 unspecified atom stereocenters. The summed E-state index contributed by atoms with van der Waals surface area (Å²) in [5, 5.41) is 3.73. The topological polar surface area (TPSA) is 12.0 Å². The van der Waals surface area contributed by atoms with E-state index >= 15 is 0 Å². The molecule has 0 amide bonds. The highest BCUT2D eigenvalue weighted by Crippen LogP contribution is 2.38. The predicted molar refractivity (Wildman–Crippen MR) is 84.0 cm³/mol. The lowest BCUT2D eigenvalue weighted by atomic mass is 9.80. The van der Waals surface area contributed by atoms with Crippen LogP contribution in [0, 0.1) is 5.92 Å². The van der Waals surface area contributed by atoms with Gasteiger partial charge in [0.05, 0.1) is 0 Å². The lowest BCUT2D eigenvalue weighted by molar-refractivity contribution is 0.263. The molecule has 0 aromatic carbocycles. The summed E-state index contributed by atoms with van der Waals surface area (Å²) in [6, 6.07) is 3.17. The number of nitrogens with one attached hydrogen (secondary N) is 1. The second kappa shape index (κ2) is 6.41. The third kappa shape index (κ3) is 3.22. The van der Waals surface area contributed by atoms with E-state index < -0.39 is 0 Å². The Labute approximate surface area is 121 Å². The standard InChI is InChI=1S/C17H27NS/c1-2-18-15(11-13-7-6-8-13)17-12-14-9-4-3-5-10-16(14)19-17/h12-13,15,18H,2-11H2,1H3. The van der Waals surface area contributed by atoms with Gasteiger partial charge in [0.15, 0.2) is 0 Å². The van der Waals surface area contributed by atoms with Crippen LogP contribution in [0.2, 0.25) is 0 Å². The van der Waals surface area contributed by atoms with Crippen LogP contribution in [0.5, 0.6) is 0 Å². The Kier molecular flexibility index (Phi) is 4.60. The fourth-order valence-corrected chi connectivity index (χ4v) is 4.82. The molecule has 1 N–H and O–H groups in total. The van der Waals surface area contributed by atoms with Crippen LogP contribution < -0.4 is 5.32 Å². The minimum atomic E-state index is 0.632. The van der Waals surface area contributed by atoms with Crippen LogP contribution >= 0.6 is 11.3 Å². The summed E-state index contributed by atoms with van der Waals surface area (Å²) >= 11 is 2.11. The zero-order chi connectivity index (χ0) is 13.1. The summed E-state index contributed by atoms with van der Waals surface area (Å²) in [6.45, 7) is 3.34. The monoisotopic (exact) mass is 277 g/mol. The molecular weight excluding hydrogens is 250 g/mol. The van der Waals surface area contributed by atoms with Crippen LogP contribution in [0.3, 0.4) is 0 Å². The fraction of sp³-hybridized carbons (Fsp3) is 0.765. The zero-order valence-electron chi connectivity index (χ0n) is 12.2. The Balaban J connectivity index is 1.73. The van der Waals surface area contributed by atoms with Gasteiger partial charge in [0.1, 0.15) is 0 Å². The van der Waals surface area contributed by atoms with Crippen LogP contribution in [0.4, 0.5) is 0 Å². The van der Waals surface area contributed by atoms with Gasteiger partial charge in [-0.2, -0.15) is 0 Å². The van der Waals surface area contributed by atoms with Gasteiger partial charge in [-0.25, -0.2) is 0 Å². The SMILES string of the molecule is CCNC(CC1CCC1)c1cc2c(s1)CCCCC2. The van der Waals surface area contributed by atoms with E-state index in [9.17, 15) is 0 Å². The Hall–Kier alpha value is -0.340. The van der Waals surface area contributed by atoms with Crippen molar-refractivity contribution in [1.29, 1.82) is 0 Å². The van der Waals surface area contributed by atoms with E-state index in [0.717, 1.165) is 12.5 Å². The molecule has 1 nitrogen and oxygen atoms in total. The van der Waals surface area contributed by atoms with Crippen molar-refractivity contribution in [3.8, 4) is 0 Å². The number of aryl methyl sites for hydroxylation is 2. The van der Waals surface area contributed by atoms with Gasteiger partial charge in [-0.05, 0) is 56.2 Å². The molecule has 2 heteroatoms. The van der Waals surface area contributed by atoms with Gasteiger partial charge in [-0.15, -0.1) is 11.3 Å². The number of hydrogen-bond donors (Lipinski definition) is 1. The largest absolute Gasteiger partial charge is 0.310 e. The third-order valence-corrected chi connectivity index (χ3v) is 6.20. The number of rotatable bonds is 5. The molecule has 2 aliphatic carbocycles. The van der Waals surface area contributed by atoms with Gasteiger partial charge in [0.2, 0.25) is 0 Å². The summed E-state index contributed by atoms with van der Waals surface area (Å²) in [6.07, 6.45) is 12.7. The maximum Gasteiger partial charge on any atom is 0.0417 e. The quantitative estimate of drug-likeness (QED) is 0.758. The van der Waals surface area contributed by atoms with Crippen molar-refractivity contribution in [2.24, 2.45) is 5.92 Å². The Morgan fingerprint density at radius 2 is 2.05 bits per heavy atom. The van der Waals surface area contributed by atoms with Gasteiger partial charge in [0.25, 0.3) is 0 Å². The van der Waals surface area contributed by atoms with Crippen molar-refractivity contribution >= 4 is 11.3 Å². The molecule has 1 atom stereocenters. The van der Waals surface area contributed by atoms with Crippen molar-refractivity contribution in [2.45, 2.75) is 70.8 Å². The highest BCUT2D eigenvalue weighted by molar-refractivity contribution is 7.12. The summed E-state index contributed by atoms with van der Waals surface area (Å²) in [5.74, 6) is 0.992. The fourth-order valence-electron chi connectivity index (χ4n) is 3.47. The molecule has 106 valence electrons. The summed E-state index contributed by atoms with van der Waals surface area (Å²) in [4.78, 5) is 3.32. The molecule has 1 aromatic heterocycles. The minimum absolute atomic E-state index is 0.632. The molecule has 0 aliphatic heterocycles. The smallest absolute Gasteiger partial charge is 0.0417 e. The Morgan fingerprint density at radius 3 is 2.79 bits per heavy atom. The van der Waals surface area contributed by atoms with Gasteiger partial charge in [0, 0.05) is 15.8 Å². The van der Waals surface area contributed by atoms with Crippen LogP contribution in [0.25, 0.3) is 0 Å². The van der Waals surface area contributed by atoms with E-state index in [1.54, 1.807) is 15.3 Å². The molecular formula is C17H27NS. The van der Waals surface area contributed by atoms with Crippen LogP contribution in [0.15, 0.2) is 6.07 Å². The molecule has 1 heterocycles. The molecule has 19 heavy (non-hydrogen) atoms. The molecule has 3 rings (SSSR count). The first kappa shape index (κ1) is 13.6. The summed E-state index contributed by atoms with van der Waals surface area (Å²) in [7, 11) is 0. The first-order valence-corrected chi connectivity index (χ1v) is 9.03. The van der Waals surface area contributed by atoms with E-state index in [2.05, 4.69) is 29.6 Å². The van der Waals surface area contributed by atoms with Crippen LogP contribution in [-0.4, -0.2) is 6.54 Å². The predicted octanol–water partition coefficient (Wildman–Crippen LogP) is 4.86. The van der Waals surface area contributed by atoms with E-state index in [4.69, 9.17) is 0 Å².